The number of nitrogens with zero attached hydrogens (tertiary/aromatic N) is 4. The van der Waals surface area contributed by atoms with Gasteiger partial charge in [-0.3, -0.25) is 24.3 Å². The lowest BCUT2D eigenvalue weighted by Gasteiger charge is -2.41. The lowest BCUT2D eigenvalue weighted by atomic mass is 9.91. The Balaban J connectivity index is 1.23. The van der Waals surface area contributed by atoms with Crippen molar-refractivity contribution in [2.75, 3.05) is 24.5 Å². The number of hydrogen-bond donors (Lipinski definition) is 0. The van der Waals surface area contributed by atoms with Crippen LogP contribution in [-0.2, 0) is 11.3 Å². The molecule has 2 atom stereocenters. The van der Waals surface area contributed by atoms with Gasteiger partial charge in [-0.2, -0.15) is 0 Å². The van der Waals surface area contributed by atoms with Gasteiger partial charge in [0.05, 0.1) is 35.3 Å². The zero-order valence-corrected chi connectivity index (χ0v) is 22.5. The largest absolute Gasteiger partial charge is 0.370 e. The quantitative estimate of drug-likeness (QED) is 0.398. The highest BCUT2D eigenvalue weighted by atomic mass is 35.5. The first-order valence-electron chi connectivity index (χ1n) is 13.7. The SMILES string of the molecule is O=C1c2cccc(N3CCCC(C(=O)N4CCCCC4c4cccnc4)C3)c2C(=O)N1Cc1ccccc1Cl. The van der Waals surface area contributed by atoms with Crippen molar-refractivity contribution in [3.63, 3.8) is 0 Å². The smallest absolute Gasteiger partial charge is 0.263 e. The molecule has 2 saturated heterocycles. The summed E-state index contributed by atoms with van der Waals surface area (Å²) in [7, 11) is 0. The van der Waals surface area contributed by atoms with E-state index in [0.29, 0.717) is 22.7 Å². The molecule has 0 radical (unpaired) electrons. The summed E-state index contributed by atoms with van der Waals surface area (Å²) in [5.41, 5.74) is 3.37. The molecule has 0 spiro atoms. The van der Waals surface area contributed by atoms with Gasteiger partial charge >= 0.3 is 0 Å². The van der Waals surface area contributed by atoms with Gasteiger partial charge in [0, 0.05) is 37.1 Å². The van der Waals surface area contributed by atoms with E-state index in [4.69, 9.17) is 11.6 Å². The molecule has 0 N–H and O–H groups in total. The minimum atomic E-state index is -0.313. The highest BCUT2D eigenvalue weighted by molar-refractivity contribution is 6.31. The van der Waals surface area contributed by atoms with Crippen LogP contribution in [0.1, 0.15) is 70.0 Å². The van der Waals surface area contributed by atoms with Crippen LogP contribution in [0, 0.1) is 5.92 Å². The minimum absolute atomic E-state index is 0.0499. The number of fused-ring (bicyclic) bond motifs is 1. The van der Waals surface area contributed by atoms with E-state index >= 15 is 0 Å². The topological polar surface area (TPSA) is 73.8 Å². The van der Waals surface area contributed by atoms with Crippen molar-refractivity contribution < 1.29 is 14.4 Å². The first-order valence-corrected chi connectivity index (χ1v) is 14.1. The van der Waals surface area contributed by atoms with Gasteiger partial charge in [-0.05, 0) is 67.5 Å². The lowest BCUT2D eigenvalue weighted by molar-refractivity contribution is -0.139. The summed E-state index contributed by atoms with van der Waals surface area (Å²) in [4.78, 5) is 50.5. The molecule has 2 fully saturated rings. The second kappa shape index (κ2) is 10.8. The molecule has 0 saturated carbocycles. The van der Waals surface area contributed by atoms with Crippen LogP contribution in [0.25, 0.3) is 0 Å². The lowest BCUT2D eigenvalue weighted by Crippen LogP contribution is -2.47. The van der Waals surface area contributed by atoms with Crippen molar-refractivity contribution in [3.8, 4) is 0 Å². The number of likely N-dealkylation sites (tertiary alicyclic amines) is 1. The van der Waals surface area contributed by atoms with E-state index in [-0.39, 0.29) is 36.2 Å². The second-order valence-electron chi connectivity index (χ2n) is 10.6. The van der Waals surface area contributed by atoms with Crippen LogP contribution in [0.3, 0.4) is 0 Å². The van der Waals surface area contributed by atoms with Crippen molar-refractivity contribution in [2.24, 2.45) is 5.92 Å². The molecule has 8 heteroatoms. The molecule has 3 aliphatic heterocycles. The third-order valence-electron chi connectivity index (χ3n) is 8.23. The van der Waals surface area contributed by atoms with Gasteiger partial charge in [-0.15, -0.1) is 0 Å². The minimum Gasteiger partial charge on any atom is -0.370 e. The molecule has 0 bridgehead atoms. The van der Waals surface area contributed by atoms with Crippen LogP contribution in [-0.4, -0.2) is 52.1 Å². The zero-order chi connectivity index (χ0) is 26.9. The van der Waals surface area contributed by atoms with Crippen LogP contribution in [0.15, 0.2) is 67.0 Å². The van der Waals surface area contributed by atoms with E-state index < -0.39 is 0 Å². The number of carbonyl (C=O) groups is 3. The van der Waals surface area contributed by atoms with E-state index in [2.05, 4.69) is 16.0 Å². The van der Waals surface area contributed by atoms with Crippen LogP contribution in [0.4, 0.5) is 5.69 Å². The molecule has 2 aromatic carbocycles. The van der Waals surface area contributed by atoms with Gasteiger partial charge in [-0.25, -0.2) is 0 Å². The molecule has 3 aliphatic rings. The average Bonchev–Trinajstić information content (AvgIpc) is 3.23. The molecule has 4 heterocycles. The monoisotopic (exact) mass is 542 g/mol. The first-order chi connectivity index (χ1) is 19.0. The Labute approximate surface area is 233 Å². The molecule has 39 heavy (non-hydrogen) atoms. The first kappa shape index (κ1) is 25.6. The fourth-order valence-corrected chi connectivity index (χ4v) is 6.46. The van der Waals surface area contributed by atoms with Crippen molar-refractivity contribution in [3.05, 3.63) is 94.3 Å². The van der Waals surface area contributed by atoms with Gasteiger partial charge in [0.15, 0.2) is 0 Å². The van der Waals surface area contributed by atoms with Crippen molar-refractivity contribution >= 4 is 35.0 Å². The number of piperidine rings is 2. The van der Waals surface area contributed by atoms with Gasteiger partial charge in [0.1, 0.15) is 0 Å². The Morgan fingerprint density at radius 3 is 2.62 bits per heavy atom. The van der Waals surface area contributed by atoms with E-state index in [9.17, 15) is 14.4 Å². The molecule has 6 rings (SSSR count). The van der Waals surface area contributed by atoms with Crippen LogP contribution >= 0.6 is 11.6 Å². The number of anilines is 1. The van der Waals surface area contributed by atoms with E-state index in [0.717, 1.165) is 62.0 Å². The number of benzene rings is 2. The van der Waals surface area contributed by atoms with Crippen molar-refractivity contribution in [2.45, 2.75) is 44.7 Å². The standard InChI is InChI=1S/C31H31ClN4O3/c32-25-12-2-1-8-22(25)20-36-30(38)24-11-5-14-27(28(24)31(36)39)34-16-7-10-23(19-34)29(37)35-17-4-3-13-26(35)21-9-6-15-33-18-21/h1-2,5-6,8-9,11-12,14-15,18,23,26H,3-4,7,10,13,16-17,19-20H2. The maximum absolute atomic E-state index is 13.9. The number of imide groups is 1. The molecule has 2 unspecified atom stereocenters. The summed E-state index contributed by atoms with van der Waals surface area (Å²) in [5.74, 6) is -0.623. The third-order valence-corrected chi connectivity index (χ3v) is 8.60. The van der Waals surface area contributed by atoms with Gasteiger partial charge in [0.2, 0.25) is 5.91 Å². The average molecular weight is 543 g/mol. The highest BCUT2D eigenvalue weighted by Crippen LogP contribution is 2.37. The normalized spacial score (nSPS) is 21.3. The summed E-state index contributed by atoms with van der Waals surface area (Å²) < 4.78 is 0. The molecular weight excluding hydrogens is 512 g/mol. The number of carbonyl (C=O) groups excluding carboxylic acids is 3. The van der Waals surface area contributed by atoms with Crippen LogP contribution in [0.2, 0.25) is 5.02 Å². The molecule has 200 valence electrons. The van der Waals surface area contributed by atoms with Crippen molar-refractivity contribution in [1.82, 2.24) is 14.8 Å². The molecule has 3 amide bonds. The van der Waals surface area contributed by atoms with E-state index in [1.165, 1.54) is 4.90 Å². The number of rotatable bonds is 5. The second-order valence-corrected chi connectivity index (χ2v) is 11.0. The Bertz CT molecular complexity index is 1410. The summed E-state index contributed by atoms with van der Waals surface area (Å²) in [6, 6.07) is 16.7. The fourth-order valence-electron chi connectivity index (χ4n) is 6.27. The van der Waals surface area contributed by atoms with Crippen LogP contribution in [0.5, 0.6) is 0 Å². The number of aromatic nitrogens is 1. The number of hydrogen-bond acceptors (Lipinski definition) is 5. The summed E-state index contributed by atoms with van der Waals surface area (Å²) in [6.07, 6.45) is 8.33. The number of halogens is 1. The Morgan fingerprint density at radius 2 is 1.79 bits per heavy atom. The van der Waals surface area contributed by atoms with E-state index in [1.54, 1.807) is 18.3 Å². The maximum atomic E-state index is 13.9. The zero-order valence-electron chi connectivity index (χ0n) is 21.8. The fraction of sp³-hybridized carbons (Fsp3) is 0.355. The Morgan fingerprint density at radius 1 is 0.923 bits per heavy atom. The molecular formula is C31H31ClN4O3. The summed E-state index contributed by atoms with van der Waals surface area (Å²) >= 11 is 6.32. The predicted octanol–water partition coefficient (Wildman–Crippen LogP) is 5.50. The Kier molecular flexibility index (Phi) is 7.09. The molecule has 0 aliphatic carbocycles. The summed E-state index contributed by atoms with van der Waals surface area (Å²) in [5, 5.41) is 0.522. The maximum Gasteiger partial charge on any atom is 0.263 e. The van der Waals surface area contributed by atoms with Gasteiger partial charge < -0.3 is 9.80 Å². The van der Waals surface area contributed by atoms with E-state index in [1.807, 2.05) is 47.5 Å². The van der Waals surface area contributed by atoms with Crippen molar-refractivity contribution in [1.29, 1.82) is 0 Å². The molecule has 3 aromatic rings. The number of pyridine rings is 1. The Hall–Kier alpha value is -3.71. The molecule has 1 aromatic heterocycles. The van der Waals surface area contributed by atoms with Crippen LogP contribution < -0.4 is 4.90 Å². The highest BCUT2D eigenvalue weighted by Gasteiger charge is 2.40. The van der Waals surface area contributed by atoms with Gasteiger partial charge in [0.25, 0.3) is 11.8 Å². The van der Waals surface area contributed by atoms with Gasteiger partial charge in [-0.1, -0.05) is 41.9 Å². The predicted molar refractivity (Wildman–Crippen MR) is 150 cm³/mol. The summed E-state index contributed by atoms with van der Waals surface area (Å²) in [6.45, 7) is 2.13. The molecule has 7 nitrogen and oxygen atoms in total. The number of amides is 3. The third kappa shape index (κ3) is 4.80.